The Morgan fingerprint density at radius 1 is 1.10 bits per heavy atom. The molecular formula is C13H15NO6. The van der Waals surface area contributed by atoms with Crippen molar-refractivity contribution in [3.63, 3.8) is 0 Å². The second-order valence-electron chi connectivity index (χ2n) is 4.20. The van der Waals surface area contributed by atoms with Crippen LogP contribution in [-0.4, -0.2) is 45.8 Å². The number of anilines is 1. The summed E-state index contributed by atoms with van der Waals surface area (Å²) < 4.78 is 0. The zero-order chi connectivity index (χ0) is 15.3. The van der Waals surface area contributed by atoms with Crippen molar-refractivity contribution in [2.24, 2.45) is 0 Å². The molecule has 20 heavy (non-hydrogen) atoms. The normalized spacial score (nSPS) is 11.7. The standard InChI is InChI=1S/C13H15NO6/c1-8(12(17)18)14(7-6-11(15)16)10-4-2-9(3-5-10)13(19)20/h2-5,8H,6-7H2,1H3,(H,15,16)(H,17,18)(H,19,20). The van der Waals surface area contributed by atoms with Gasteiger partial charge in [0, 0.05) is 12.2 Å². The predicted molar refractivity (Wildman–Crippen MR) is 70.1 cm³/mol. The van der Waals surface area contributed by atoms with Gasteiger partial charge in [-0.2, -0.15) is 0 Å². The van der Waals surface area contributed by atoms with E-state index in [-0.39, 0.29) is 18.5 Å². The lowest BCUT2D eigenvalue weighted by atomic mass is 10.1. The van der Waals surface area contributed by atoms with Crippen LogP contribution in [0.1, 0.15) is 23.7 Å². The average Bonchev–Trinajstić information content (AvgIpc) is 2.38. The molecule has 1 aromatic carbocycles. The lowest BCUT2D eigenvalue weighted by Crippen LogP contribution is -2.40. The van der Waals surface area contributed by atoms with E-state index in [9.17, 15) is 14.4 Å². The Balaban J connectivity index is 2.99. The molecule has 3 N–H and O–H groups in total. The van der Waals surface area contributed by atoms with Crippen molar-refractivity contribution in [1.29, 1.82) is 0 Å². The first-order valence-electron chi connectivity index (χ1n) is 5.87. The lowest BCUT2D eigenvalue weighted by molar-refractivity contribution is -0.139. The second kappa shape index (κ2) is 6.55. The third kappa shape index (κ3) is 3.98. The number of benzene rings is 1. The van der Waals surface area contributed by atoms with Crippen LogP contribution in [0.25, 0.3) is 0 Å². The lowest BCUT2D eigenvalue weighted by Gasteiger charge is -2.28. The largest absolute Gasteiger partial charge is 0.481 e. The van der Waals surface area contributed by atoms with Crippen LogP contribution in [0.15, 0.2) is 24.3 Å². The topological polar surface area (TPSA) is 115 Å². The summed E-state index contributed by atoms with van der Waals surface area (Å²) in [5, 5.41) is 26.5. The van der Waals surface area contributed by atoms with Gasteiger partial charge in [-0.1, -0.05) is 0 Å². The Kier molecular flexibility index (Phi) is 5.08. The summed E-state index contributed by atoms with van der Waals surface area (Å²) in [7, 11) is 0. The Morgan fingerprint density at radius 2 is 1.65 bits per heavy atom. The van der Waals surface area contributed by atoms with Crippen molar-refractivity contribution < 1.29 is 29.7 Å². The molecule has 0 aromatic heterocycles. The van der Waals surface area contributed by atoms with E-state index in [1.54, 1.807) is 0 Å². The molecule has 7 heteroatoms. The summed E-state index contributed by atoms with van der Waals surface area (Å²) in [6.45, 7) is 1.46. The summed E-state index contributed by atoms with van der Waals surface area (Å²) in [6.07, 6.45) is -0.210. The van der Waals surface area contributed by atoms with Crippen molar-refractivity contribution in [1.82, 2.24) is 0 Å². The first-order valence-corrected chi connectivity index (χ1v) is 5.87. The summed E-state index contributed by atoms with van der Waals surface area (Å²) in [5.74, 6) is -3.20. The molecule has 0 amide bonds. The van der Waals surface area contributed by atoms with Gasteiger partial charge in [-0.3, -0.25) is 4.79 Å². The molecule has 7 nitrogen and oxygen atoms in total. The number of rotatable bonds is 7. The molecule has 0 radical (unpaired) electrons. The zero-order valence-corrected chi connectivity index (χ0v) is 10.8. The highest BCUT2D eigenvalue weighted by molar-refractivity contribution is 5.88. The highest BCUT2D eigenvalue weighted by atomic mass is 16.4. The molecule has 1 aromatic rings. The third-order valence-electron chi connectivity index (χ3n) is 2.84. The number of hydrogen-bond acceptors (Lipinski definition) is 4. The zero-order valence-electron chi connectivity index (χ0n) is 10.8. The maximum atomic E-state index is 11.1. The highest BCUT2D eigenvalue weighted by Crippen LogP contribution is 2.19. The average molecular weight is 281 g/mol. The Hall–Kier alpha value is -2.57. The van der Waals surface area contributed by atoms with Crippen molar-refractivity contribution in [2.75, 3.05) is 11.4 Å². The van der Waals surface area contributed by atoms with Crippen LogP contribution in [0.3, 0.4) is 0 Å². The van der Waals surface area contributed by atoms with Crippen molar-refractivity contribution in [3.8, 4) is 0 Å². The molecule has 0 aliphatic heterocycles. The molecule has 0 fully saturated rings. The molecule has 108 valence electrons. The second-order valence-corrected chi connectivity index (χ2v) is 4.20. The van der Waals surface area contributed by atoms with Crippen LogP contribution in [0.5, 0.6) is 0 Å². The molecule has 0 saturated heterocycles. The number of hydrogen-bond donors (Lipinski definition) is 3. The van der Waals surface area contributed by atoms with Gasteiger partial charge in [0.1, 0.15) is 6.04 Å². The first kappa shape index (κ1) is 15.5. The van der Waals surface area contributed by atoms with E-state index in [2.05, 4.69) is 0 Å². The van der Waals surface area contributed by atoms with Crippen LogP contribution in [0.2, 0.25) is 0 Å². The van der Waals surface area contributed by atoms with Crippen LogP contribution in [0, 0.1) is 0 Å². The Bertz CT molecular complexity index is 510. The van der Waals surface area contributed by atoms with Crippen molar-refractivity contribution in [3.05, 3.63) is 29.8 Å². The highest BCUT2D eigenvalue weighted by Gasteiger charge is 2.21. The van der Waals surface area contributed by atoms with Crippen molar-refractivity contribution >= 4 is 23.6 Å². The van der Waals surface area contributed by atoms with Gasteiger partial charge in [-0.05, 0) is 31.2 Å². The van der Waals surface area contributed by atoms with E-state index in [0.717, 1.165) is 0 Å². The van der Waals surface area contributed by atoms with E-state index in [4.69, 9.17) is 15.3 Å². The molecule has 0 spiro atoms. The van der Waals surface area contributed by atoms with Gasteiger partial charge < -0.3 is 20.2 Å². The van der Waals surface area contributed by atoms with Gasteiger partial charge in [-0.25, -0.2) is 9.59 Å². The van der Waals surface area contributed by atoms with Gasteiger partial charge in [0.25, 0.3) is 0 Å². The van der Waals surface area contributed by atoms with Gasteiger partial charge in [0.2, 0.25) is 0 Å². The maximum Gasteiger partial charge on any atom is 0.335 e. The predicted octanol–water partition coefficient (Wildman–Crippen LogP) is 1.14. The summed E-state index contributed by atoms with van der Waals surface area (Å²) in [6, 6.07) is 4.71. The van der Waals surface area contributed by atoms with E-state index >= 15 is 0 Å². The van der Waals surface area contributed by atoms with Crippen LogP contribution in [-0.2, 0) is 9.59 Å². The third-order valence-corrected chi connectivity index (χ3v) is 2.84. The fourth-order valence-corrected chi connectivity index (χ4v) is 1.69. The van der Waals surface area contributed by atoms with Gasteiger partial charge in [0.15, 0.2) is 0 Å². The maximum absolute atomic E-state index is 11.1. The van der Waals surface area contributed by atoms with Crippen molar-refractivity contribution in [2.45, 2.75) is 19.4 Å². The molecule has 0 bridgehead atoms. The van der Waals surface area contributed by atoms with Gasteiger partial charge >= 0.3 is 17.9 Å². The number of carbonyl (C=O) groups is 3. The quantitative estimate of drug-likeness (QED) is 0.686. The Labute approximate surface area is 115 Å². The summed E-state index contributed by atoms with van der Waals surface area (Å²) in [4.78, 5) is 33.8. The molecule has 0 heterocycles. The van der Waals surface area contributed by atoms with E-state index in [1.807, 2.05) is 0 Å². The minimum atomic E-state index is -1.09. The summed E-state index contributed by atoms with van der Waals surface area (Å²) >= 11 is 0. The molecule has 1 rings (SSSR count). The van der Waals surface area contributed by atoms with Crippen LogP contribution >= 0.6 is 0 Å². The minimum absolute atomic E-state index is 0.0230. The number of carboxylic acid groups (broad SMARTS) is 3. The fraction of sp³-hybridized carbons (Fsp3) is 0.308. The fourth-order valence-electron chi connectivity index (χ4n) is 1.69. The molecule has 1 atom stereocenters. The molecule has 0 aliphatic rings. The van der Waals surface area contributed by atoms with Gasteiger partial charge in [0.05, 0.1) is 12.0 Å². The van der Waals surface area contributed by atoms with E-state index < -0.39 is 23.9 Å². The Morgan fingerprint density at radius 3 is 2.05 bits per heavy atom. The monoisotopic (exact) mass is 281 g/mol. The van der Waals surface area contributed by atoms with E-state index in [1.165, 1.54) is 36.1 Å². The molecule has 0 aliphatic carbocycles. The molecular weight excluding hydrogens is 266 g/mol. The molecule has 0 saturated carbocycles. The summed E-state index contributed by atoms with van der Waals surface area (Å²) in [5.41, 5.74) is 0.543. The van der Waals surface area contributed by atoms with Gasteiger partial charge in [-0.15, -0.1) is 0 Å². The smallest absolute Gasteiger partial charge is 0.335 e. The minimum Gasteiger partial charge on any atom is -0.481 e. The van der Waals surface area contributed by atoms with E-state index in [0.29, 0.717) is 5.69 Å². The number of carboxylic acids is 3. The first-order chi connectivity index (χ1) is 9.32. The molecule has 1 unspecified atom stereocenters. The number of aliphatic carboxylic acids is 2. The van der Waals surface area contributed by atoms with Crippen LogP contribution < -0.4 is 4.90 Å². The van der Waals surface area contributed by atoms with Crippen LogP contribution in [0.4, 0.5) is 5.69 Å². The number of aromatic carboxylic acids is 1. The number of nitrogens with zero attached hydrogens (tertiary/aromatic N) is 1. The SMILES string of the molecule is CC(C(=O)O)N(CCC(=O)O)c1ccc(C(=O)O)cc1.